The van der Waals surface area contributed by atoms with Crippen LogP contribution < -0.4 is 10.1 Å². The van der Waals surface area contributed by atoms with Crippen molar-refractivity contribution in [2.45, 2.75) is 33.8 Å². The Morgan fingerprint density at radius 3 is 2.42 bits per heavy atom. The van der Waals surface area contributed by atoms with E-state index in [-0.39, 0.29) is 17.6 Å². The lowest BCUT2D eigenvalue weighted by Gasteiger charge is -2.14. The number of rotatable bonds is 7. The highest BCUT2D eigenvalue weighted by molar-refractivity contribution is 5.98. The summed E-state index contributed by atoms with van der Waals surface area (Å²) in [4.78, 5) is 23.7. The molecule has 0 saturated heterocycles. The van der Waals surface area contributed by atoms with Crippen LogP contribution in [0.25, 0.3) is 0 Å². The predicted molar refractivity (Wildman–Crippen MR) is 95.3 cm³/mol. The minimum absolute atomic E-state index is 0.0519. The summed E-state index contributed by atoms with van der Waals surface area (Å²) in [6, 6.07) is 14.9. The molecule has 4 nitrogen and oxygen atoms in total. The number of ether oxygens (including phenoxy) is 1. The van der Waals surface area contributed by atoms with Crippen LogP contribution in [-0.2, 0) is 11.4 Å². The topological polar surface area (TPSA) is 55.4 Å². The third-order valence-corrected chi connectivity index (χ3v) is 3.49. The molecule has 126 valence electrons. The van der Waals surface area contributed by atoms with Gasteiger partial charge in [-0.25, -0.2) is 0 Å². The zero-order valence-electron chi connectivity index (χ0n) is 14.3. The summed E-state index contributed by atoms with van der Waals surface area (Å²) in [6.45, 7) is 5.86. The maximum absolute atomic E-state index is 12.1. The molecule has 0 spiro atoms. The predicted octanol–water partition coefficient (Wildman–Crippen LogP) is 4.45. The minimum Gasteiger partial charge on any atom is -0.487 e. The lowest BCUT2D eigenvalue weighted by atomic mass is 10.1. The van der Waals surface area contributed by atoms with Gasteiger partial charge in [-0.05, 0) is 36.6 Å². The van der Waals surface area contributed by atoms with Crippen LogP contribution >= 0.6 is 0 Å². The van der Waals surface area contributed by atoms with E-state index in [1.807, 2.05) is 44.2 Å². The number of hydrogen-bond donors (Lipinski definition) is 1. The van der Waals surface area contributed by atoms with Gasteiger partial charge in [-0.2, -0.15) is 0 Å². The SMILES string of the molecule is CC(=O)c1ccc(OCc2ccccc2)c(NC(=O)CC(C)C)c1. The first-order valence-corrected chi connectivity index (χ1v) is 8.07. The average Bonchev–Trinajstić information content (AvgIpc) is 2.53. The van der Waals surface area contributed by atoms with Crippen LogP contribution in [0.3, 0.4) is 0 Å². The van der Waals surface area contributed by atoms with Gasteiger partial charge < -0.3 is 10.1 Å². The summed E-state index contributed by atoms with van der Waals surface area (Å²) in [5.41, 5.74) is 2.11. The second kappa shape index (κ2) is 8.29. The summed E-state index contributed by atoms with van der Waals surface area (Å²) >= 11 is 0. The third kappa shape index (κ3) is 5.23. The third-order valence-electron chi connectivity index (χ3n) is 3.49. The quantitative estimate of drug-likeness (QED) is 0.765. The number of benzene rings is 2. The largest absolute Gasteiger partial charge is 0.487 e. The molecule has 0 radical (unpaired) electrons. The summed E-state index contributed by atoms with van der Waals surface area (Å²) < 4.78 is 5.84. The van der Waals surface area contributed by atoms with Crippen molar-refractivity contribution in [3.63, 3.8) is 0 Å². The number of Topliss-reactive ketones (excluding diaryl/α,β-unsaturated/α-hetero) is 1. The molecule has 4 heteroatoms. The highest BCUT2D eigenvalue weighted by Gasteiger charge is 2.12. The lowest BCUT2D eigenvalue weighted by molar-refractivity contribution is -0.116. The molecule has 24 heavy (non-hydrogen) atoms. The van der Waals surface area contributed by atoms with Crippen molar-refractivity contribution < 1.29 is 14.3 Å². The zero-order chi connectivity index (χ0) is 17.5. The van der Waals surface area contributed by atoms with E-state index in [9.17, 15) is 9.59 Å². The number of hydrogen-bond acceptors (Lipinski definition) is 3. The molecule has 2 aromatic rings. The highest BCUT2D eigenvalue weighted by atomic mass is 16.5. The van der Waals surface area contributed by atoms with E-state index in [0.29, 0.717) is 30.0 Å². The van der Waals surface area contributed by atoms with E-state index in [4.69, 9.17) is 4.74 Å². The van der Waals surface area contributed by atoms with E-state index in [1.54, 1.807) is 18.2 Å². The molecule has 0 bridgehead atoms. The molecule has 0 aliphatic heterocycles. The molecule has 1 N–H and O–H groups in total. The highest BCUT2D eigenvalue weighted by Crippen LogP contribution is 2.27. The molecule has 0 aliphatic carbocycles. The molecule has 0 fully saturated rings. The molecule has 0 aliphatic rings. The van der Waals surface area contributed by atoms with Crippen molar-refractivity contribution in [3.8, 4) is 5.75 Å². The number of amides is 1. The van der Waals surface area contributed by atoms with Gasteiger partial charge in [-0.3, -0.25) is 9.59 Å². The molecule has 0 aromatic heterocycles. The Morgan fingerprint density at radius 2 is 1.79 bits per heavy atom. The molecule has 2 aromatic carbocycles. The molecule has 2 rings (SSSR count). The second-order valence-corrected chi connectivity index (χ2v) is 6.19. The molecule has 0 unspecified atom stereocenters. The van der Waals surface area contributed by atoms with Crippen LogP contribution in [0.1, 0.15) is 43.1 Å². The fourth-order valence-electron chi connectivity index (χ4n) is 2.28. The van der Waals surface area contributed by atoms with Crippen molar-refractivity contribution in [2.75, 3.05) is 5.32 Å². The van der Waals surface area contributed by atoms with Crippen LogP contribution in [0.15, 0.2) is 48.5 Å². The fraction of sp³-hybridized carbons (Fsp3) is 0.300. The van der Waals surface area contributed by atoms with Crippen LogP contribution in [0.5, 0.6) is 5.75 Å². The van der Waals surface area contributed by atoms with E-state index in [2.05, 4.69) is 5.32 Å². The van der Waals surface area contributed by atoms with Gasteiger partial charge in [0.2, 0.25) is 5.91 Å². The first-order chi connectivity index (χ1) is 11.5. The number of nitrogens with one attached hydrogen (secondary N) is 1. The Morgan fingerprint density at radius 1 is 1.08 bits per heavy atom. The first-order valence-electron chi connectivity index (χ1n) is 8.07. The van der Waals surface area contributed by atoms with E-state index in [0.717, 1.165) is 5.56 Å². The van der Waals surface area contributed by atoms with Gasteiger partial charge in [0.1, 0.15) is 12.4 Å². The van der Waals surface area contributed by atoms with Gasteiger partial charge in [0, 0.05) is 12.0 Å². The van der Waals surface area contributed by atoms with E-state index >= 15 is 0 Å². The smallest absolute Gasteiger partial charge is 0.224 e. The number of ketones is 1. The maximum Gasteiger partial charge on any atom is 0.224 e. The Kier molecular flexibility index (Phi) is 6.13. The fourth-order valence-corrected chi connectivity index (χ4v) is 2.28. The standard InChI is InChI=1S/C20H23NO3/c1-14(2)11-20(23)21-18-12-17(15(3)22)9-10-19(18)24-13-16-7-5-4-6-8-16/h4-10,12,14H,11,13H2,1-3H3,(H,21,23). The Bertz CT molecular complexity index is 708. The Labute approximate surface area is 142 Å². The summed E-state index contributed by atoms with van der Waals surface area (Å²) in [5.74, 6) is 0.676. The van der Waals surface area contributed by atoms with Crippen molar-refractivity contribution >= 4 is 17.4 Å². The summed E-state index contributed by atoms with van der Waals surface area (Å²) in [5, 5.41) is 2.86. The first kappa shape index (κ1) is 17.7. The monoisotopic (exact) mass is 325 g/mol. The zero-order valence-corrected chi connectivity index (χ0v) is 14.3. The maximum atomic E-state index is 12.1. The number of carbonyl (C=O) groups excluding carboxylic acids is 2. The van der Waals surface area contributed by atoms with Crippen molar-refractivity contribution in [3.05, 3.63) is 59.7 Å². The van der Waals surface area contributed by atoms with Crippen LogP contribution in [0, 0.1) is 5.92 Å². The lowest BCUT2D eigenvalue weighted by Crippen LogP contribution is -2.15. The molecular weight excluding hydrogens is 302 g/mol. The molecule has 1 amide bonds. The molecular formula is C20H23NO3. The molecule has 0 heterocycles. The second-order valence-electron chi connectivity index (χ2n) is 6.19. The number of carbonyl (C=O) groups is 2. The Balaban J connectivity index is 2.18. The van der Waals surface area contributed by atoms with E-state index < -0.39 is 0 Å². The minimum atomic E-state index is -0.0877. The van der Waals surface area contributed by atoms with Crippen molar-refractivity contribution in [2.24, 2.45) is 5.92 Å². The van der Waals surface area contributed by atoms with Gasteiger partial charge >= 0.3 is 0 Å². The van der Waals surface area contributed by atoms with Gasteiger partial charge in [-0.15, -0.1) is 0 Å². The normalized spacial score (nSPS) is 10.5. The van der Waals surface area contributed by atoms with Crippen LogP contribution in [-0.4, -0.2) is 11.7 Å². The van der Waals surface area contributed by atoms with Crippen LogP contribution in [0.2, 0.25) is 0 Å². The van der Waals surface area contributed by atoms with Crippen molar-refractivity contribution in [1.29, 1.82) is 0 Å². The van der Waals surface area contributed by atoms with Crippen LogP contribution in [0.4, 0.5) is 5.69 Å². The number of anilines is 1. The summed E-state index contributed by atoms with van der Waals surface area (Å²) in [6.07, 6.45) is 0.419. The average molecular weight is 325 g/mol. The summed E-state index contributed by atoms with van der Waals surface area (Å²) in [7, 11) is 0. The molecule has 0 saturated carbocycles. The van der Waals surface area contributed by atoms with E-state index in [1.165, 1.54) is 6.92 Å². The Hall–Kier alpha value is -2.62. The van der Waals surface area contributed by atoms with Gasteiger partial charge in [0.15, 0.2) is 5.78 Å². The van der Waals surface area contributed by atoms with Crippen molar-refractivity contribution in [1.82, 2.24) is 0 Å². The van der Waals surface area contributed by atoms with Gasteiger partial charge in [0.25, 0.3) is 0 Å². The molecule has 0 atom stereocenters. The van der Waals surface area contributed by atoms with Gasteiger partial charge in [0.05, 0.1) is 5.69 Å². The van der Waals surface area contributed by atoms with Gasteiger partial charge in [-0.1, -0.05) is 44.2 Å².